The number of hydrogen-bond donors (Lipinski definition) is 0. The largest absolute Gasteiger partial charge is 0.119 e. The quantitative estimate of drug-likeness (QED) is 0.605. The van der Waals surface area contributed by atoms with Crippen LogP contribution >= 0.6 is 24.0 Å². The third kappa shape index (κ3) is 5.24. The van der Waals surface area contributed by atoms with E-state index in [1.807, 2.05) is 6.92 Å². The standard InChI is InChI=1S/C8H16S2/c1-6(2)7(3)5-10-8(4)9/h6-7H,5H2,1-4H3/t7-/m1/s1. The van der Waals surface area contributed by atoms with E-state index in [9.17, 15) is 0 Å². The van der Waals surface area contributed by atoms with Gasteiger partial charge >= 0.3 is 0 Å². The number of thioether (sulfide) groups is 1. The fourth-order valence-electron chi connectivity index (χ4n) is 0.441. The molecule has 0 aromatic heterocycles. The van der Waals surface area contributed by atoms with E-state index >= 15 is 0 Å². The van der Waals surface area contributed by atoms with E-state index in [0.29, 0.717) is 0 Å². The van der Waals surface area contributed by atoms with Gasteiger partial charge in [-0.2, -0.15) is 0 Å². The van der Waals surface area contributed by atoms with Crippen molar-refractivity contribution in [3.8, 4) is 0 Å². The summed E-state index contributed by atoms with van der Waals surface area (Å²) in [7, 11) is 0. The second-order valence-electron chi connectivity index (χ2n) is 3.02. The third-order valence-corrected chi connectivity index (χ3v) is 3.14. The Morgan fingerprint density at radius 2 is 1.90 bits per heavy atom. The summed E-state index contributed by atoms with van der Waals surface area (Å²) in [4.78, 5) is 0. The molecule has 0 amide bonds. The van der Waals surface area contributed by atoms with E-state index in [4.69, 9.17) is 12.2 Å². The van der Waals surface area contributed by atoms with E-state index in [0.717, 1.165) is 16.0 Å². The molecule has 0 unspecified atom stereocenters. The minimum Gasteiger partial charge on any atom is -0.119 e. The summed E-state index contributed by atoms with van der Waals surface area (Å²) >= 11 is 6.76. The maximum Gasteiger partial charge on any atom is 0.0447 e. The molecule has 0 bridgehead atoms. The maximum absolute atomic E-state index is 4.96. The fraction of sp³-hybridized carbons (Fsp3) is 0.875. The zero-order valence-corrected chi connectivity index (χ0v) is 8.81. The summed E-state index contributed by atoms with van der Waals surface area (Å²) in [6.07, 6.45) is 0. The third-order valence-electron chi connectivity index (χ3n) is 1.69. The molecule has 0 spiro atoms. The molecule has 0 aromatic rings. The molecular weight excluding hydrogens is 160 g/mol. The van der Waals surface area contributed by atoms with Gasteiger partial charge in [-0.05, 0) is 18.8 Å². The van der Waals surface area contributed by atoms with E-state index in [-0.39, 0.29) is 0 Å². The molecule has 1 atom stereocenters. The summed E-state index contributed by atoms with van der Waals surface area (Å²) in [6.45, 7) is 8.77. The first kappa shape index (κ1) is 10.4. The van der Waals surface area contributed by atoms with Crippen LogP contribution in [0.1, 0.15) is 27.7 Å². The molecule has 0 aliphatic rings. The molecule has 0 radical (unpaired) electrons. The van der Waals surface area contributed by atoms with Crippen LogP contribution < -0.4 is 0 Å². The molecule has 0 aliphatic carbocycles. The molecule has 0 rings (SSSR count). The molecule has 2 heteroatoms. The SMILES string of the molecule is CC(=S)SC[C@@H](C)C(C)C. The van der Waals surface area contributed by atoms with Gasteiger partial charge in [0.15, 0.2) is 0 Å². The summed E-state index contributed by atoms with van der Waals surface area (Å²) < 4.78 is 1.06. The van der Waals surface area contributed by atoms with Crippen LogP contribution in [0, 0.1) is 11.8 Å². The van der Waals surface area contributed by atoms with Crippen molar-refractivity contribution in [3.63, 3.8) is 0 Å². The number of thiocarbonyl (C=S) groups is 1. The monoisotopic (exact) mass is 176 g/mol. The van der Waals surface area contributed by atoms with Gasteiger partial charge < -0.3 is 0 Å². The summed E-state index contributed by atoms with van der Waals surface area (Å²) in [5.41, 5.74) is 0. The Hall–Kier alpha value is 0.440. The van der Waals surface area contributed by atoms with Crippen LogP contribution in [-0.4, -0.2) is 9.95 Å². The Morgan fingerprint density at radius 3 is 2.20 bits per heavy atom. The van der Waals surface area contributed by atoms with E-state index in [1.165, 1.54) is 5.75 Å². The van der Waals surface area contributed by atoms with Crippen LogP contribution in [-0.2, 0) is 0 Å². The number of rotatable bonds is 3. The lowest BCUT2D eigenvalue weighted by Crippen LogP contribution is -2.07. The molecule has 0 fully saturated rings. The summed E-state index contributed by atoms with van der Waals surface area (Å²) in [5, 5.41) is 0. The lowest BCUT2D eigenvalue weighted by atomic mass is 10.0. The van der Waals surface area contributed by atoms with E-state index in [1.54, 1.807) is 11.8 Å². The first-order valence-electron chi connectivity index (χ1n) is 3.67. The molecule has 60 valence electrons. The minimum atomic E-state index is 0.779. The van der Waals surface area contributed by atoms with Crippen molar-refractivity contribution in [1.82, 2.24) is 0 Å². The van der Waals surface area contributed by atoms with Gasteiger partial charge in [-0.15, -0.1) is 11.8 Å². The molecule has 0 N–H and O–H groups in total. The average molecular weight is 176 g/mol. The molecule has 0 aromatic carbocycles. The van der Waals surface area contributed by atoms with Crippen molar-refractivity contribution in [3.05, 3.63) is 0 Å². The van der Waals surface area contributed by atoms with Crippen molar-refractivity contribution in [2.24, 2.45) is 11.8 Å². The van der Waals surface area contributed by atoms with E-state index < -0.39 is 0 Å². The van der Waals surface area contributed by atoms with Crippen molar-refractivity contribution >= 4 is 28.2 Å². The Kier molecular flexibility index (Phi) is 5.36. The maximum atomic E-state index is 4.96. The summed E-state index contributed by atoms with van der Waals surface area (Å²) in [5.74, 6) is 2.73. The normalized spacial score (nSPS) is 13.7. The molecular formula is C8H16S2. The van der Waals surface area contributed by atoms with E-state index in [2.05, 4.69) is 20.8 Å². The molecule has 0 saturated carbocycles. The van der Waals surface area contributed by atoms with Crippen LogP contribution in [0.25, 0.3) is 0 Å². The highest BCUT2D eigenvalue weighted by molar-refractivity contribution is 8.23. The topological polar surface area (TPSA) is 0 Å². The highest BCUT2D eigenvalue weighted by Gasteiger charge is 2.06. The smallest absolute Gasteiger partial charge is 0.0447 e. The molecule has 0 aliphatic heterocycles. The molecule has 0 nitrogen and oxygen atoms in total. The van der Waals surface area contributed by atoms with Gasteiger partial charge in [0.2, 0.25) is 0 Å². The molecule has 10 heavy (non-hydrogen) atoms. The van der Waals surface area contributed by atoms with Gasteiger partial charge in [0.05, 0.1) is 0 Å². The van der Waals surface area contributed by atoms with Crippen molar-refractivity contribution in [2.75, 3.05) is 5.75 Å². The van der Waals surface area contributed by atoms with Crippen LogP contribution in [0.4, 0.5) is 0 Å². The highest BCUT2D eigenvalue weighted by atomic mass is 32.2. The van der Waals surface area contributed by atoms with Crippen LogP contribution in [0.5, 0.6) is 0 Å². The zero-order chi connectivity index (χ0) is 8.15. The Balaban J connectivity index is 3.39. The zero-order valence-electron chi connectivity index (χ0n) is 7.18. The van der Waals surface area contributed by atoms with Gasteiger partial charge in [0.1, 0.15) is 0 Å². The van der Waals surface area contributed by atoms with Crippen molar-refractivity contribution in [2.45, 2.75) is 27.7 Å². The van der Waals surface area contributed by atoms with Crippen LogP contribution in [0.2, 0.25) is 0 Å². The second-order valence-corrected chi connectivity index (χ2v) is 5.13. The average Bonchev–Trinajstić information content (AvgIpc) is 1.82. The summed E-state index contributed by atoms with van der Waals surface area (Å²) in [6, 6.07) is 0. The van der Waals surface area contributed by atoms with Gasteiger partial charge in [0, 0.05) is 9.95 Å². The van der Waals surface area contributed by atoms with Crippen LogP contribution in [0.15, 0.2) is 0 Å². The molecule has 0 saturated heterocycles. The Labute approximate surface area is 73.8 Å². The first-order valence-corrected chi connectivity index (χ1v) is 5.06. The molecule has 0 heterocycles. The van der Waals surface area contributed by atoms with Gasteiger partial charge in [0.25, 0.3) is 0 Å². The van der Waals surface area contributed by atoms with Crippen molar-refractivity contribution in [1.29, 1.82) is 0 Å². The Morgan fingerprint density at radius 1 is 1.40 bits per heavy atom. The van der Waals surface area contributed by atoms with Crippen LogP contribution in [0.3, 0.4) is 0 Å². The van der Waals surface area contributed by atoms with Gasteiger partial charge in [-0.3, -0.25) is 0 Å². The van der Waals surface area contributed by atoms with Gasteiger partial charge in [-0.25, -0.2) is 0 Å². The van der Waals surface area contributed by atoms with Crippen molar-refractivity contribution < 1.29 is 0 Å². The lowest BCUT2D eigenvalue weighted by molar-refractivity contribution is 0.465. The minimum absolute atomic E-state index is 0.779. The Bertz CT molecular complexity index is 108. The first-order chi connectivity index (χ1) is 4.54. The highest BCUT2D eigenvalue weighted by Crippen LogP contribution is 2.16. The predicted octanol–water partition coefficient (Wildman–Crippen LogP) is 3.36. The lowest BCUT2D eigenvalue weighted by Gasteiger charge is -2.13. The second kappa shape index (κ2) is 5.14. The number of hydrogen-bond acceptors (Lipinski definition) is 2. The van der Waals surface area contributed by atoms with Gasteiger partial charge in [-0.1, -0.05) is 33.0 Å². The fourth-order valence-corrected chi connectivity index (χ4v) is 1.53. The predicted molar refractivity (Wildman–Crippen MR) is 54.7 cm³/mol.